The number of methoxy groups -OCH3 is 1. The predicted octanol–water partition coefficient (Wildman–Crippen LogP) is 2.37. The second-order valence-corrected chi connectivity index (χ2v) is 6.12. The summed E-state index contributed by atoms with van der Waals surface area (Å²) < 4.78 is 4.66. The summed E-state index contributed by atoms with van der Waals surface area (Å²) in [5, 5.41) is 0. The highest BCUT2D eigenvalue weighted by molar-refractivity contribution is 5.84. The number of nitrogens with zero attached hydrogens (tertiary/aromatic N) is 1. The van der Waals surface area contributed by atoms with Crippen LogP contribution < -0.4 is 0 Å². The zero-order valence-corrected chi connectivity index (χ0v) is 12.2. The van der Waals surface area contributed by atoms with Crippen LogP contribution in [0.3, 0.4) is 0 Å². The fourth-order valence-corrected chi connectivity index (χ4v) is 3.76. The van der Waals surface area contributed by atoms with E-state index >= 15 is 0 Å². The molecule has 0 aromatic rings. The molecule has 0 N–H and O–H groups in total. The van der Waals surface area contributed by atoms with E-state index in [4.69, 9.17) is 0 Å². The molecule has 0 aromatic carbocycles. The molecule has 0 radical (unpaired) electrons. The molecule has 0 aromatic heterocycles. The summed E-state index contributed by atoms with van der Waals surface area (Å²) in [5.74, 6) is 0.244. The number of fused-ring (bicyclic) bond motifs is 1. The van der Waals surface area contributed by atoms with Crippen molar-refractivity contribution in [1.82, 2.24) is 4.90 Å². The maximum absolute atomic E-state index is 12.6. The third-order valence-corrected chi connectivity index (χ3v) is 4.72. The van der Waals surface area contributed by atoms with Crippen LogP contribution >= 0.6 is 0 Å². The van der Waals surface area contributed by atoms with Gasteiger partial charge < -0.3 is 9.64 Å². The van der Waals surface area contributed by atoms with Gasteiger partial charge in [0.05, 0.1) is 13.5 Å². The minimum atomic E-state index is -0.298. The lowest BCUT2D eigenvalue weighted by atomic mass is 9.84. The molecule has 19 heavy (non-hydrogen) atoms. The van der Waals surface area contributed by atoms with Gasteiger partial charge in [-0.3, -0.25) is 9.59 Å². The van der Waals surface area contributed by atoms with Crippen LogP contribution in [-0.2, 0) is 14.3 Å². The summed E-state index contributed by atoms with van der Waals surface area (Å²) in [7, 11) is 1.37. The summed E-state index contributed by atoms with van der Waals surface area (Å²) in [6, 6.07) is 0.733. The number of carbonyl (C=O) groups is 2. The van der Waals surface area contributed by atoms with Crippen LogP contribution in [0, 0.1) is 11.8 Å². The number of carbonyl (C=O) groups excluding carboxylic acids is 2. The lowest BCUT2D eigenvalue weighted by Crippen LogP contribution is -2.45. The van der Waals surface area contributed by atoms with E-state index in [1.807, 2.05) is 6.92 Å². The van der Waals surface area contributed by atoms with Crippen molar-refractivity contribution in [3.05, 3.63) is 0 Å². The van der Waals surface area contributed by atoms with Gasteiger partial charge >= 0.3 is 5.97 Å². The van der Waals surface area contributed by atoms with E-state index in [9.17, 15) is 9.59 Å². The number of hydrogen-bond donors (Lipinski definition) is 0. The first-order chi connectivity index (χ1) is 9.04. The molecule has 0 spiro atoms. The van der Waals surface area contributed by atoms with E-state index in [1.54, 1.807) is 0 Å². The number of rotatable bonds is 3. The summed E-state index contributed by atoms with van der Waals surface area (Å²) in [5.41, 5.74) is 0. The lowest BCUT2D eigenvalue weighted by molar-refractivity contribution is -0.147. The maximum atomic E-state index is 12.6. The minimum absolute atomic E-state index is 0.132. The number of likely N-dealkylation sites (tertiary alicyclic amines) is 1. The first-order valence-corrected chi connectivity index (χ1v) is 7.43. The zero-order chi connectivity index (χ0) is 14.0. The van der Waals surface area contributed by atoms with Crippen molar-refractivity contribution < 1.29 is 14.3 Å². The Kier molecular flexibility index (Phi) is 4.48. The van der Waals surface area contributed by atoms with Crippen molar-refractivity contribution >= 4 is 11.9 Å². The molecular formula is C15H25NO3. The summed E-state index contributed by atoms with van der Waals surface area (Å²) in [6.45, 7) is 3.98. The van der Waals surface area contributed by atoms with E-state index in [1.165, 1.54) is 26.4 Å². The van der Waals surface area contributed by atoms with Crippen LogP contribution in [0.15, 0.2) is 0 Å². The molecule has 1 aliphatic heterocycles. The van der Waals surface area contributed by atoms with Gasteiger partial charge in [0.25, 0.3) is 0 Å². The summed E-state index contributed by atoms with van der Waals surface area (Å²) in [4.78, 5) is 26.0. The average Bonchev–Trinajstić information content (AvgIpc) is 2.73. The van der Waals surface area contributed by atoms with Gasteiger partial charge in [0.2, 0.25) is 5.91 Å². The van der Waals surface area contributed by atoms with Crippen molar-refractivity contribution in [2.75, 3.05) is 7.11 Å². The normalized spacial score (nSPS) is 31.7. The highest BCUT2D eigenvalue weighted by atomic mass is 16.5. The monoisotopic (exact) mass is 267 g/mol. The van der Waals surface area contributed by atoms with E-state index in [0.29, 0.717) is 18.0 Å². The first kappa shape index (κ1) is 14.4. The van der Waals surface area contributed by atoms with Crippen molar-refractivity contribution in [2.45, 2.75) is 64.5 Å². The topological polar surface area (TPSA) is 46.6 Å². The van der Waals surface area contributed by atoms with Crippen molar-refractivity contribution in [3.8, 4) is 0 Å². The van der Waals surface area contributed by atoms with E-state index in [-0.39, 0.29) is 24.2 Å². The first-order valence-electron chi connectivity index (χ1n) is 7.43. The largest absolute Gasteiger partial charge is 0.469 e. The van der Waals surface area contributed by atoms with Gasteiger partial charge in [-0.25, -0.2) is 0 Å². The zero-order valence-electron chi connectivity index (χ0n) is 12.2. The van der Waals surface area contributed by atoms with Crippen molar-refractivity contribution in [1.29, 1.82) is 0 Å². The van der Waals surface area contributed by atoms with E-state index < -0.39 is 0 Å². The van der Waals surface area contributed by atoms with Crippen LogP contribution in [0.4, 0.5) is 0 Å². The van der Waals surface area contributed by atoms with Gasteiger partial charge in [0.1, 0.15) is 0 Å². The Morgan fingerprint density at radius 2 is 2.00 bits per heavy atom. The van der Waals surface area contributed by atoms with Gasteiger partial charge in [0, 0.05) is 18.0 Å². The maximum Gasteiger partial charge on any atom is 0.306 e. The second kappa shape index (κ2) is 5.93. The SMILES string of the molecule is COC(=O)C[C@H](C)C(=O)N1[C@H](C)C[C@@H]2CCCC[C@@H]21. The number of amides is 1. The molecule has 4 heteroatoms. The van der Waals surface area contributed by atoms with E-state index in [0.717, 1.165) is 12.8 Å². The molecule has 2 fully saturated rings. The van der Waals surface area contributed by atoms with Crippen LogP contribution in [0.2, 0.25) is 0 Å². The Hall–Kier alpha value is -1.06. The Morgan fingerprint density at radius 3 is 2.68 bits per heavy atom. The molecular weight excluding hydrogens is 242 g/mol. The fourth-order valence-electron chi connectivity index (χ4n) is 3.76. The summed E-state index contributed by atoms with van der Waals surface area (Å²) in [6.07, 6.45) is 6.23. The highest BCUT2D eigenvalue weighted by Crippen LogP contribution is 2.40. The van der Waals surface area contributed by atoms with Crippen LogP contribution in [0.5, 0.6) is 0 Å². The minimum Gasteiger partial charge on any atom is -0.469 e. The number of hydrogen-bond acceptors (Lipinski definition) is 3. The molecule has 1 amide bonds. The molecule has 0 bridgehead atoms. The molecule has 2 rings (SSSR count). The smallest absolute Gasteiger partial charge is 0.306 e. The Balaban J connectivity index is 2.02. The van der Waals surface area contributed by atoms with Gasteiger partial charge in [0.15, 0.2) is 0 Å². The molecule has 108 valence electrons. The molecule has 2 aliphatic rings. The molecule has 4 nitrogen and oxygen atoms in total. The van der Waals surface area contributed by atoms with Crippen molar-refractivity contribution in [2.24, 2.45) is 11.8 Å². The molecule has 4 atom stereocenters. The summed E-state index contributed by atoms with van der Waals surface area (Å²) >= 11 is 0. The predicted molar refractivity (Wildman–Crippen MR) is 72.5 cm³/mol. The molecule has 1 heterocycles. The molecule has 1 saturated carbocycles. The third kappa shape index (κ3) is 2.93. The van der Waals surface area contributed by atoms with Gasteiger partial charge in [-0.05, 0) is 32.1 Å². The number of esters is 1. The van der Waals surface area contributed by atoms with Gasteiger partial charge in [-0.15, -0.1) is 0 Å². The van der Waals surface area contributed by atoms with Gasteiger partial charge in [-0.2, -0.15) is 0 Å². The Labute approximate surface area is 115 Å². The van der Waals surface area contributed by atoms with Gasteiger partial charge in [-0.1, -0.05) is 19.8 Å². The lowest BCUT2D eigenvalue weighted by Gasteiger charge is -2.34. The molecule has 1 aliphatic carbocycles. The Morgan fingerprint density at radius 1 is 1.32 bits per heavy atom. The Bertz CT molecular complexity index is 355. The molecule has 1 saturated heterocycles. The third-order valence-electron chi connectivity index (χ3n) is 4.72. The van der Waals surface area contributed by atoms with Crippen LogP contribution in [0.1, 0.15) is 52.4 Å². The molecule has 0 unspecified atom stereocenters. The fraction of sp³-hybridized carbons (Fsp3) is 0.867. The van der Waals surface area contributed by atoms with Crippen LogP contribution in [-0.4, -0.2) is 36.0 Å². The standard InChI is InChI=1S/C15H25NO3/c1-10(8-14(17)19-3)15(18)16-11(2)9-12-6-4-5-7-13(12)16/h10-13H,4-9H2,1-3H3/t10-,11+,12-,13-/m0/s1. The van der Waals surface area contributed by atoms with Crippen molar-refractivity contribution in [3.63, 3.8) is 0 Å². The highest BCUT2D eigenvalue weighted by Gasteiger charge is 2.43. The number of ether oxygens (including phenoxy) is 1. The van der Waals surface area contributed by atoms with E-state index in [2.05, 4.69) is 16.6 Å². The average molecular weight is 267 g/mol. The van der Waals surface area contributed by atoms with Crippen LogP contribution in [0.25, 0.3) is 0 Å². The quantitative estimate of drug-likeness (QED) is 0.737. The second-order valence-electron chi connectivity index (χ2n) is 6.12.